The van der Waals surface area contributed by atoms with Gasteiger partial charge < -0.3 is 10.4 Å². The lowest BCUT2D eigenvalue weighted by Crippen LogP contribution is -2.33. The number of carbonyl (C=O) groups excluding carboxylic acids is 1. The molecular formula is C15H14FN3O3. The molecule has 3 N–H and O–H groups in total. The second-order valence-electron chi connectivity index (χ2n) is 5.37. The average molecular weight is 303 g/mol. The second kappa shape index (κ2) is 5.59. The smallest absolute Gasteiger partial charge is 0.356 e. The number of H-pyrrole nitrogens is 1. The number of rotatable bonds is 4. The van der Waals surface area contributed by atoms with Gasteiger partial charge in [0, 0.05) is 5.92 Å². The third-order valence-electron chi connectivity index (χ3n) is 3.96. The number of hydrogen-bond donors (Lipinski definition) is 3. The van der Waals surface area contributed by atoms with Crippen LogP contribution in [0.25, 0.3) is 0 Å². The van der Waals surface area contributed by atoms with Gasteiger partial charge in [-0.3, -0.25) is 9.89 Å². The van der Waals surface area contributed by atoms with Gasteiger partial charge in [0.25, 0.3) is 0 Å². The van der Waals surface area contributed by atoms with Crippen LogP contribution in [-0.4, -0.2) is 27.2 Å². The number of halogens is 1. The van der Waals surface area contributed by atoms with Gasteiger partial charge in [-0.15, -0.1) is 0 Å². The van der Waals surface area contributed by atoms with Gasteiger partial charge in [0.1, 0.15) is 5.82 Å². The highest BCUT2D eigenvalue weighted by Gasteiger charge is 2.35. The van der Waals surface area contributed by atoms with Gasteiger partial charge in [-0.05, 0) is 36.5 Å². The van der Waals surface area contributed by atoms with E-state index >= 15 is 0 Å². The first-order valence-electron chi connectivity index (χ1n) is 6.87. The molecule has 0 unspecified atom stereocenters. The maximum Gasteiger partial charge on any atom is 0.356 e. The average Bonchev–Trinajstić information content (AvgIpc) is 2.87. The number of amides is 1. The Bertz CT molecular complexity index is 705. The van der Waals surface area contributed by atoms with Crippen molar-refractivity contribution in [3.8, 4) is 0 Å². The third kappa shape index (κ3) is 2.69. The molecule has 0 radical (unpaired) electrons. The van der Waals surface area contributed by atoms with Crippen LogP contribution in [0.3, 0.4) is 0 Å². The van der Waals surface area contributed by atoms with E-state index in [-0.39, 0.29) is 34.9 Å². The molecule has 2 aromatic rings. The normalized spacial score (nSPS) is 20.2. The van der Waals surface area contributed by atoms with Gasteiger partial charge in [-0.1, -0.05) is 12.1 Å². The molecule has 0 saturated heterocycles. The monoisotopic (exact) mass is 303 g/mol. The number of carboxylic acids is 1. The summed E-state index contributed by atoms with van der Waals surface area (Å²) in [6, 6.07) is 6.28. The molecule has 1 saturated carbocycles. The van der Waals surface area contributed by atoms with Gasteiger partial charge in [0.2, 0.25) is 5.91 Å². The predicted molar refractivity (Wildman–Crippen MR) is 76.0 cm³/mol. The Morgan fingerprint density at radius 3 is 2.59 bits per heavy atom. The number of carboxylic acid groups (broad SMARTS) is 1. The molecule has 0 atom stereocenters. The number of nitrogens with zero attached hydrogens (tertiary/aromatic N) is 1. The molecule has 1 aliphatic rings. The fraction of sp³-hybridized carbons (Fsp3) is 0.267. The van der Waals surface area contributed by atoms with E-state index in [1.165, 1.54) is 18.3 Å². The molecule has 0 aliphatic heterocycles. The van der Waals surface area contributed by atoms with Crippen molar-refractivity contribution in [1.82, 2.24) is 10.2 Å². The minimum absolute atomic E-state index is 0.136. The van der Waals surface area contributed by atoms with E-state index in [9.17, 15) is 14.0 Å². The van der Waals surface area contributed by atoms with E-state index in [2.05, 4.69) is 15.5 Å². The summed E-state index contributed by atoms with van der Waals surface area (Å²) in [4.78, 5) is 23.0. The van der Waals surface area contributed by atoms with Gasteiger partial charge in [-0.2, -0.15) is 5.10 Å². The van der Waals surface area contributed by atoms with Crippen molar-refractivity contribution in [1.29, 1.82) is 0 Å². The van der Waals surface area contributed by atoms with Crippen LogP contribution in [0.2, 0.25) is 0 Å². The first-order chi connectivity index (χ1) is 10.5. The van der Waals surface area contributed by atoms with Crippen LogP contribution in [0.5, 0.6) is 0 Å². The minimum atomic E-state index is -1.18. The van der Waals surface area contributed by atoms with Gasteiger partial charge in [-0.25, -0.2) is 9.18 Å². The number of aromatic amines is 1. The SMILES string of the molecule is O=C(O)c1[nH]ncc1NC(=O)C1CC(c2ccc(F)cc2)C1. The van der Waals surface area contributed by atoms with Crippen molar-refractivity contribution in [3.05, 3.63) is 47.5 Å². The van der Waals surface area contributed by atoms with Crippen LogP contribution in [0, 0.1) is 11.7 Å². The predicted octanol–water partition coefficient (Wildman–Crippen LogP) is 2.38. The zero-order chi connectivity index (χ0) is 15.7. The van der Waals surface area contributed by atoms with Gasteiger partial charge >= 0.3 is 5.97 Å². The Morgan fingerprint density at radius 1 is 1.27 bits per heavy atom. The Kier molecular flexibility index (Phi) is 3.62. The first-order valence-corrected chi connectivity index (χ1v) is 6.87. The van der Waals surface area contributed by atoms with Crippen molar-refractivity contribution in [2.75, 3.05) is 5.32 Å². The van der Waals surface area contributed by atoms with Crippen LogP contribution < -0.4 is 5.32 Å². The van der Waals surface area contributed by atoms with Crippen LogP contribution >= 0.6 is 0 Å². The summed E-state index contributed by atoms with van der Waals surface area (Å²) in [5.41, 5.74) is 1.05. The van der Waals surface area contributed by atoms with Crippen molar-refractivity contribution in [3.63, 3.8) is 0 Å². The molecule has 114 valence electrons. The largest absolute Gasteiger partial charge is 0.476 e. The summed E-state index contributed by atoms with van der Waals surface area (Å²) in [7, 11) is 0. The zero-order valence-electron chi connectivity index (χ0n) is 11.5. The summed E-state index contributed by atoms with van der Waals surface area (Å²) in [5, 5.41) is 17.5. The molecular weight excluding hydrogens is 289 g/mol. The molecule has 22 heavy (non-hydrogen) atoms. The summed E-state index contributed by atoms with van der Waals surface area (Å²) in [5.74, 6) is -1.61. The minimum Gasteiger partial charge on any atom is -0.476 e. The molecule has 7 heteroatoms. The van der Waals surface area contributed by atoms with Crippen molar-refractivity contribution < 1.29 is 19.1 Å². The van der Waals surface area contributed by atoms with Crippen LogP contribution in [0.1, 0.15) is 34.8 Å². The Hall–Kier alpha value is -2.70. The summed E-state index contributed by atoms with van der Waals surface area (Å²) >= 11 is 0. The Balaban J connectivity index is 1.58. The van der Waals surface area contributed by atoms with E-state index in [4.69, 9.17) is 5.11 Å². The van der Waals surface area contributed by atoms with Gasteiger partial charge in [0.15, 0.2) is 5.69 Å². The fourth-order valence-electron chi connectivity index (χ4n) is 2.62. The van der Waals surface area contributed by atoms with E-state index in [0.717, 1.165) is 5.56 Å². The molecule has 1 aromatic carbocycles. The summed E-state index contributed by atoms with van der Waals surface area (Å²) in [6.07, 6.45) is 2.60. The summed E-state index contributed by atoms with van der Waals surface area (Å²) < 4.78 is 12.9. The molecule has 6 nitrogen and oxygen atoms in total. The molecule has 1 amide bonds. The van der Waals surface area contributed by atoms with E-state index < -0.39 is 5.97 Å². The maximum absolute atomic E-state index is 12.9. The number of aromatic nitrogens is 2. The van der Waals surface area contributed by atoms with Crippen molar-refractivity contribution in [2.24, 2.45) is 5.92 Å². The number of nitrogens with one attached hydrogen (secondary N) is 2. The molecule has 1 fully saturated rings. The highest BCUT2D eigenvalue weighted by atomic mass is 19.1. The molecule has 0 bridgehead atoms. The molecule has 1 aliphatic carbocycles. The Morgan fingerprint density at radius 2 is 1.95 bits per heavy atom. The highest BCUT2D eigenvalue weighted by Crippen LogP contribution is 2.42. The fourth-order valence-corrected chi connectivity index (χ4v) is 2.62. The molecule has 1 aromatic heterocycles. The lowest BCUT2D eigenvalue weighted by atomic mass is 9.71. The topological polar surface area (TPSA) is 95.1 Å². The number of anilines is 1. The quantitative estimate of drug-likeness (QED) is 0.808. The summed E-state index contributed by atoms with van der Waals surface area (Å²) in [6.45, 7) is 0. The van der Waals surface area contributed by atoms with E-state index in [0.29, 0.717) is 12.8 Å². The van der Waals surface area contributed by atoms with Crippen LogP contribution in [0.15, 0.2) is 30.5 Å². The highest BCUT2D eigenvalue weighted by molar-refractivity contribution is 6.00. The maximum atomic E-state index is 12.9. The van der Waals surface area contributed by atoms with Crippen LogP contribution in [0.4, 0.5) is 10.1 Å². The zero-order valence-corrected chi connectivity index (χ0v) is 11.5. The van der Waals surface area contributed by atoms with E-state index in [1.807, 2.05) is 0 Å². The van der Waals surface area contributed by atoms with Gasteiger partial charge in [0.05, 0.1) is 11.9 Å². The number of carbonyl (C=O) groups is 2. The van der Waals surface area contributed by atoms with Crippen molar-refractivity contribution in [2.45, 2.75) is 18.8 Å². The molecule has 0 spiro atoms. The number of aromatic carboxylic acids is 1. The number of hydrogen-bond acceptors (Lipinski definition) is 3. The molecule has 1 heterocycles. The lowest BCUT2D eigenvalue weighted by molar-refractivity contribution is -0.122. The third-order valence-corrected chi connectivity index (χ3v) is 3.96. The second-order valence-corrected chi connectivity index (χ2v) is 5.37. The lowest BCUT2D eigenvalue weighted by Gasteiger charge is -2.34. The molecule has 3 rings (SSSR count). The van der Waals surface area contributed by atoms with Crippen LogP contribution in [-0.2, 0) is 4.79 Å². The standard InChI is InChI=1S/C15H14FN3O3/c16-11-3-1-8(2-4-11)9-5-10(6-9)14(20)18-12-7-17-19-13(12)15(21)22/h1-4,7,9-10H,5-6H2,(H,17,19)(H,18,20)(H,21,22). The first kappa shape index (κ1) is 14.2. The Labute approximate surface area is 125 Å². The van der Waals surface area contributed by atoms with E-state index in [1.54, 1.807) is 12.1 Å². The number of benzene rings is 1. The van der Waals surface area contributed by atoms with Crippen molar-refractivity contribution >= 4 is 17.6 Å².